The number of piperidine rings is 1. The summed E-state index contributed by atoms with van der Waals surface area (Å²) in [4.78, 5) is 0. The molecule has 1 unspecified atom stereocenters. The average molecular weight is 305 g/mol. The Hall–Kier alpha value is -0.0900. The van der Waals surface area contributed by atoms with Crippen molar-refractivity contribution in [3.05, 3.63) is 33.3 Å². The molecule has 0 spiro atoms. The van der Waals surface area contributed by atoms with Gasteiger partial charge < -0.3 is 10.1 Å². The van der Waals surface area contributed by atoms with Crippen molar-refractivity contribution in [2.75, 3.05) is 13.1 Å². The largest absolute Gasteiger partial charge is 0.372 e. The Bertz CT molecular complexity index is 353. The maximum atomic E-state index is 6.12. The van der Waals surface area contributed by atoms with E-state index in [2.05, 4.69) is 21.2 Å². The fraction of sp³-hybridized carbons (Fsp3) is 0.500. The predicted octanol–water partition coefficient (Wildman–Crippen LogP) is 3.37. The Kier molecular flexibility index (Phi) is 4.65. The third kappa shape index (κ3) is 3.45. The van der Waals surface area contributed by atoms with Gasteiger partial charge in [-0.25, -0.2) is 0 Å². The van der Waals surface area contributed by atoms with E-state index in [-0.39, 0.29) is 0 Å². The van der Waals surface area contributed by atoms with Crippen LogP contribution in [0.5, 0.6) is 0 Å². The summed E-state index contributed by atoms with van der Waals surface area (Å²) in [6.07, 6.45) is 2.66. The molecule has 1 aromatic rings. The van der Waals surface area contributed by atoms with Crippen LogP contribution in [0.2, 0.25) is 5.02 Å². The van der Waals surface area contributed by atoms with Crippen LogP contribution in [0, 0.1) is 0 Å². The van der Waals surface area contributed by atoms with E-state index >= 15 is 0 Å². The number of hydrogen-bond donors (Lipinski definition) is 1. The minimum Gasteiger partial charge on any atom is -0.372 e. The highest BCUT2D eigenvalue weighted by atomic mass is 79.9. The third-order valence-electron chi connectivity index (χ3n) is 2.74. The van der Waals surface area contributed by atoms with E-state index in [1.807, 2.05) is 18.2 Å². The first-order chi connectivity index (χ1) is 7.75. The molecule has 0 aliphatic carbocycles. The number of nitrogens with one attached hydrogen (secondary N) is 1. The van der Waals surface area contributed by atoms with Gasteiger partial charge in [-0.15, -0.1) is 0 Å². The van der Waals surface area contributed by atoms with Crippen LogP contribution in [0.4, 0.5) is 0 Å². The number of rotatable bonds is 3. The molecule has 0 radical (unpaired) electrons. The van der Waals surface area contributed by atoms with Gasteiger partial charge in [-0.3, -0.25) is 0 Å². The predicted molar refractivity (Wildman–Crippen MR) is 69.8 cm³/mol. The molecule has 1 aliphatic rings. The summed E-state index contributed by atoms with van der Waals surface area (Å²) in [6.45, 7) is 2.66. The van der Waals surface area contributed by atoms with Gasteiger partial charge in [0.1, 0.15) is 0 Å². The van der Waals surface area contributed by atoms with Gasteiger partial charge in [0.15, 0.2) is 0 Å². The molecule has 2 rings (SSSR count). The molecule has 2 nitrogen and oxygen atoms in total. The number of ether oxygens (including phenoxy) is 1. The molecular weight excluding hydrogens is 289 g/mol. The lowest BCUT2D eigenvalue weighted by atomic mass is 10.1. The zero-order valence-corrected chi connectivity index (χ0v) is 11.4. The summed E-state index contributed by atoms with van der Waals surface area (Å²) in [5.74, 6) is 0. The Balaban J connectivity index is 1.88. The van der Waals surface area contributed by atoms with Gasteiger partial charge in [-0.05, 0) is 37.1 Å². The molecule has 88 valence electrons. The van der Waals surface area contributed by atoms with E-state index in [4.69, 9.17) is 16.3 Å². The first kappa shape index (κ1) is 12.4. The second-order valence-corrected chi connectivity index (χ2v) is 5.34. The second-order valence-electron chi connectivity index (χ2n) is 4.02. The van der Waals surface area contributed by atoms with Crippen LogP contribution >= 0.6 is 27.5 Å². The van der Waals surface area contributed by atoms with E-state index < -0.39 is 0 Å². The quantitative estimate of drug-likeness (QED) is 0.924. The van der Waals surface area contributed by atoms with Gasteiger partial charge in [0.05, 0.1) is 12.7 Å². The zero-order valence-electron chi connectivity index (χ0n) is 9.01. The number of benzene rings is 1. The smallest absolute Gasteiger partial charge is 0.0735 e. The summed E-state index contributed by atoms with van der Waals surface area (Å²) < 4.78 is 6.83. The fourth-order valence-corrected chi connectivity index (χ4v) is 2.54. The van der Waals surface area contributed by atoms with Crippen molar-refractivity contribution in [1.29, 1.82) is 0 Å². The normalized spacial score (nSPS) is 21.0. The van der Waals surface area contributed by atoms with E-state index in [9.17, 15) is 0 Å². The van der Waals surface area contributed by atoms with Gasteiger partial charge in [0.25, 0.3) is 0 Å². The van der Waals surface area contributed by atoms with Crippen LogP contribution in [-0.4, -0.2) is 19.2 Å². The van der Waals surface area contributed by atoms with Crippen LogP contribution in [0.15, 0.2) is 22.7 Å². The molecule has 0 amide bonds. The molecular formula is C12H15BrClNO. The highest BCUT2D eigenvalue weighted by Gasteiger charge is 2.13. The zero-order chi connectivity index (χ0) is 11.4. The summed E-state index contributed by atoms with van der Waals surface area (Å²) in [6, 6.07) is 5.89. The van der Waals surface area contributed by atoms with E-state index in [0.29, 0.717) is 12.7 Å². The van der Waals surface area contributed by atoms with Crippen LogP contribution in [0.25, 0.3) is 0 Å². The van der Waals surface area contributed by atoms with Crippen LogP contribution in [0.3, 0.4) is 0 Å². The molecule has 0 saturated carbocycles. The van der Waals surface area contributed by atoms with Crippen LogP contribution in [-0.2, 0) is 11.3 Å². The molecule has 1 fully saturated rings. The van der Waals surface area contributed by atoms with Crippen molar-refractivity contribution in [3.63, 3.8) is 0 Å². The van der Waals surface area contributed by atoms with E-state index in [0.717, 1.165) is 34.6 Å². The Morgan fingerprint density at radius 2 is 2.38 bits per heavy atom. The SMILES string of the molecule is Clc1cc(Br)ccc1COC1CCCNC1. The summed E-state index contributed by atoms with van der Waals surface area (Å²) in [5, 5.41) is 4.09. The van der Waals surface area contributed by atoms with Crippen molar-refractivity contribution in [1.82, 2.24) is 5.32 Å². The minimum atomic E-state index is 0.327. The van der Waals surface area contributed by atoms with Crippen molar-refractivity contribution in [2.45, 2.75) is 25.6 Å². The summed E-state index contributed by atoms with van der Waals surface area (Å²) >= 11 is 9.51. The van der Waals surface area contributed by atoms with Gasteiger partial charge in [0.2, 0.25) is 0 Å². The van der Waals surface area contributed by atoms with Gasteiger partial charge >= 0.3 is 0 Å². The minimum absolute atomic E-state index is 0.327. The molecule has 1 N–H and O–H groups in total. The molecule has 4 heteroatoms. The van der Waals surface area contributed by atoms with Gasteiger partial charge in [0, 0.05) is 16.0 Å². The third-order valence-corrected chi connectivity index (χ3v) is 3.59. The average Bonchev–Trinajstić information content (AvgIpc) is 2.29. The summed E-state index contributed by atoms with van der Waals surface area (Å²) in [5.41, 5.74) is 1.05. The highest BCUT2D eigenvalue weighted by Crippen LogP contribution is 2.22. The van der Waals surface area contributed by atoms with E-state index in [1.54, 1.807) is 0 Å². The first-order valence-corrected chi connectivity index (χ1v) is 6.69. The molecule has 1 aliphatic heterocycles. The van der Waals surface area contributed by atoms with Gasteiger partial charge in [-0.1, -0.05) is 33.6 Å². The molecule has 1 aromatic carbocycles. The van der Waals surface area contributed by atoms with Crippen molar-refractivity contribution in [3.8, 4) is 0 Å². The van der Waals surface area contributed by atoms with Crippen LogP contribution < -0.4 is 5.32 Å². The molecule has 1 atom stereocenters. The maximum absolute atomic E-state index is 6.12. The van der Waals surface area contributed by atoms with Crippen molar-refractivity contribution in [2.24, 2.45) is 0 Å². The number of hydrogen-bond acceptors (Lipinski definition) is 2. The monoisotopic (exact) mass is 303 g/mol. The second kappa shape index (κ2) is 6.01. The molecule has 0 aromatic heterocycles. The molecule has 1 heterocycles. The Labute approximate surface area is 109 Å². The maximum Gasteiger partial charge on any atom is 0.0735 e. The molecule has 1 saturated heterocycles. The topological polar surface area (TPSA) is 21.3 Å². The highest BCUT2D eigenvalue weighted by molar-refractivity contribution is 9.10. The van der Waals surface area contributed by atoms with Crippen LogP contribution in [0.1, 0.15) is 18.4 Å². The van der Waals surface area contributed by atoms with Crippen molar-refractivity contribution >= 4 is 27.5 Å². The standard InChI is InChI=1S/C12H15BrClNO/c13-10-4-3-9(12(14)6-10)8-16-11-2-1-5-15-7-11/h3-4,6,11,15H,1-2,5,7-8H2. The molecule has 0 bridgehead atoms. The lowest BCUT2D eigenvalue weighted by molar-refractivity contribution is 0.0253. The number of halogens is 2. The Morgan fingerprint density at radius 1 is 1.50 bits per heavy atom. The lowest BCUT2D eigenvalue weighted by Gasteiger charge is -2.23. The first-order valence-electron chi connectivity index (χ1n) is 5.52. The van der Waals surface area contributed by atoms with Crippen molar-refractivity contribution < 1.29 is 4.74 Å². The van der Waals surface area contributed by atoms with Gasteiger partial charge in [-0.2, -0.15) is 0 Å². The summed E-state index contributed by atoms with van der Waals surface area (Å²) in [7, 11) is 0. The molecule has 16 heavy (non-hydrogen) atoms. The lowest BCUT2D eigenvalue weighted by Crippen LogP contribution is -2.35. The fourth-order valence-electron chi connectivity index (χ4n) is 1.81. The Morgan fingerprint density at radius 3 is 3.06 bits per heavy atom. The van der Waals surface area contributed by atoms with E-state index in [1.165, 1.54) is 6.42 Å².